The molecule has 0 amide bonds. The number of aryl methyl sites for hydroxylation is 1. The Kier molecular flexibility index (Phi) is 2.62. The van der Waals surface area contributed by atoms with Crippen LogP contribution in [0.25, 0.3) is 0 Å². The maximum absolute atomic E-state index is 3.75. The molecule has 0 radical (unpaired) electrons. The topological polar surface area (TPSA) is 12.0 Å². The van der Waals surface area contributed by atoms with Crippen molar-refractivity contribution in [2.45, 2.75) is 45.1 Å². The average molecular weight is 215 g/mol. The monoisotopic (exact) mass is 215 g/mol. The minimum absolute atomic E-state index is 0.755. The summed E-state index contributed by atoms with van der Waals surface area (Å²) in [5, 5.41) is 3.75. The first-order chi connectivity index (χ1) is 7.85. The molecular weight excluding hydrogens is 194 g/mol. The highest BCUT2D eigenvalue weighted by molar-refractivity contribution is 5.47. The highest BCUT2D eigenvalue weighted by Gasteiger charge is 2.39. The molecular formula is C15H21N. The van der Waals surface area contributed by atoms with Crippen LogP contribution in [-0.4, -0.2) is 6.04 Å². The average Bonchev–Trinajstić information content (AvgIpc) is 2.91. The molecule has 2 fully saturated rings. The van der Waals surface area contributed by atoms with E-state index in [1.807, 2.05) is 0 Å². The summed E-state index contributed by atoms with van der Waals surface area (Å²) in [6.45, 7) is 2.22. The van der Waals surface area contributed by atoms with Gasteiger partial charge in [0, 0.05) is 11.7 Å². The smallest absolute Gasteiger partial charge is 0.0345 e. The molecule has 2 bridgehead atoms. The second-order valence-electron chi connectivity index (χ2n) is 5.48. The van der Waals surface area contributed by atoms with E-state index in [-0.39, 0.29) is 0 Å². The Morgan fingerprint density at radius 3 is 2.88 bits per heavy atom. The lowest BCUT2D eigenvalue weighted by Crippen LogP contribution is -2.25. The van der Waals surface area contributed by atoms with Gasteiger partial charge >= 0.3 is 0 Å². The molecule has 3 atom stereocenters. The van der Waals surface area contributed by atoms with Gasteiger partial charge in [0.05, 0.1) is 0 Å². The number of hydrogen-bond acceptors (Lipinski definition) is 1. The van der Waals surface area contributed by atoms with Crippen LogP contribution in [0.5, 0.6) is 0 Å². The summed E-state index contributed by atoms with van der Waals surface area (Å²) in [5.74, 6) is 1.98. The molecule has 1 aromatic rings. The van der Waals surface area contributed by atoms with Gasteiger partial charge in [0.1, 0.15) is 0 Å². The van der Waals surface area contributed by atoms with Gasteiger partial charge in [0.2, 0.25) is 0 Å². The summed E-state index contributed by atoms with van der Waals surface area (Å²) in [6, 6.07) is 9.67. The van der Waals surface area contributed by atoms with Crippen LogP contribution >= 0.6 is 0 Å². The van der Waals surface area contributed by atoms with E-state index in [9.17, 15) is 0 Å². The molecule has 16 heavy (non-hydrogen) atoms. The lowest BCUT2D eigenvalue weighted by molar-refractivity contribution is 0.440. The van der Waals surface area contributed by atoms with Crippen molar-refractivity contribution in [2.75, 3.05) is 5.32 Å². The lowest BCUT2D eigenvalue weighted by atomic mass is 9.95. The second kappa shape index (κ2) is 4.12. The number of fused-ring (bicyclic) bond motifs is 2. The standard InChI is InChI=1S/C15H21N/c1-2-11-4-3-5-14(9-11)16-15-10-12-6-7-13(15)8-12/h3-5,9,12-13,15-16H,2,6-8,10H2,1H3/t12-,13+,15-/m0/s1. The van der Waals surface area contributed by atoms with Crippen LogP contribution in [-0.2, 0) is 6.42 Å². The number of nitrogens with one attached hydrogen (secondary N) is 1. The number of rotatable bonds is 3. The van der Waals surface area contributed by atoms with Gasteiger partial charge in [-0.1, -0.05) is 25.5 Å². The SMILES string of the molecule is CCc1cccc(N[C@H]2C[C@H]3CC[C@@H]2C3)c1. The quantitative estimate of drug-likeness (QED) is 0.807. The van der Waals surface area contributed by atoms with Gasteiger partial charge in [-0.25, -0.2) is 0 Å². The van der Waals surface area contributed by atoms with Crippen LogP contribution < -0.4 is 5.32 Å². The molecule has 1 heteroatoms. The van der Waals surface area contributed by atoms with Crippen LogP contribution in [0.2, 0.25) is 0 Å². The molecule has 0 spiro atoms. The van der Waals surface area contributed by atoms with Gasteiger partial charge < -0.3 is 5.32 Å². The van der Waals surface area contributed by atoms with Crippen molar-refractivity contribution in [2.24, 2.45) is 11.8 Å². The summed E-state index contributed by atoms with van der Waals surface area (Å²) >= 11 is 0. The molecule has 0 saturated heterocycles. The van der Waals surface area contributed by atoms with E-state index in [0.29, 0.717) is 0 Å². The fraction of sp³-hybridized carbons (Fsp3) is 0.600. The zero-order valence-corrected chi connectivity index (χ0v) is 10.1. The molecule has 3 rings (SSSR count). The molecule has 1 nitrogen and oxygen atoms in total. The third-order valence-corrected chi connectivity index (χ3v) is 4.43. The van der Waals surface area contributed by atoms with Crippen LogP contribution in [0.1, 0.15) is 38.2 Å². The highest BCUT2D eigenvalue weighted by Crippen LogP contribution is 2.45. The van der Waals surface area contributed by atoms with E-state index in [1.165, 1.54) is 36.9 Å². The predicted molar refractivity (Wildman–Crippen MR) is 68.7 cm³/mol. The molecule has 2 saturated carbocycles. The summed E-state index contributed by atoms with van der Waals surface area (Å²) in [5.41, 5.74) is 2.77. The van der Waals surface area contributed by atoms with Gasteiger partial charge in [0.25, 0.3) is 0 Å². The first kappa shape index (κ1) is 10.2. The third kappa shape index (κ3) is 1.83. The van der Waals surface area contributed by atoms with Crippen molar-refractivity contribution in [3.63, 3.8) is 0 Å². The minimum atomic E-state index is 0.755. The maximum atomic E-state index is 3.75. The lowest BCUT2D eigenvalue weighted by Gasteiger charge is -2.24. The predicted octanol–water partition coefficient (Wildman–Crippen LogP) is 3.85. The normalized spacial score (nSPS) is 31.9. The highest BCUT2D eigenvalue weighted by atomic mass is 14.9. The summed E-state index contributed by atoms with van der Waals surface area (Å²) in [6.07, 6.45) is 6.95. The van der Waals surface area contributed by atoms with Gasteiger partial charge in [-0.3, -0.25) is 0 Å². The van der Waals surface area contributed by atoms with Gasteiger partial charge in [-0.15, -0.1) is 0 Å². The Balaban J connectivity index is 1.69. The minimum Gasteiger partial charge on any atom is -0.382 e. The van der Waals surface area contributed by atoms with Crippen molar-refractivity contribution in [1.82, 2.24) is 0 Å². The van der Waals surface area contributed by atoms with Gasteiger partial charge in [-0.2, -0.15) is 0 Å². The van der Waals surface area contributed by atoms with E-state index in [0.717, 1.165) is 24.3 Å². The molecule has 1 aromatic carbocycles. The first-order valence-electron chi connectivity index (χ1n) is 6.70. The van der Waals surface area contributed by atoms with Gasteiger partial charge in [-0.05, 0) is 55.2 Å². The zero-order chi connectivity index (χ0) is 11.0. The molecule has 2 aliphatic carbocycles. The van der Waals surface area contributed by atoms with Crippen LogP contribution in [0.3, 0.4) is 0 Å². The molecule has 0 heterocycles. The molecule has 1 N–H and O–H groups in total. The van der Waals surface area contributed by atoms with Crippen LogP contribution in [0.4, 0.5) is 5.69 Å². The maximum Gasteiger partial charge on any atom is 0.0345 e. The van der Waals surface area contributed by atoms with Crippen LogP contribution in [0.15, 0.2) is 24.3 Å². The molecule has 0 aliphatic heterocycles. The Hall–Kier alpha value is -0.980. The molecule has 86 valence electrons. The largest absolute Gasteiger partial charge is 0.382 e. The van der Waals surface area contributed by atoms with Crippen molar-refractivity contribution in [1.29, 1.82) is 0 Å². The van der Waals surface area contributed by atoms with E-state index in [4.69, 9.17) is 0 Å². The second-order valence-corrected chi connectivity index (χ2v) is 5.48. The Morgan fingerprint density at radius 1 is 1.25 bits per heavy atom. The zero-order valence-electron chi connectivity index (χ0n) is 10.1. The molecule has 0 aromatic heterocycles. The Morgan fingerprint density at radius 2 is 2.19 bits per heavy atom. The summed E-state index contributed by atoms with van der Waals surface area (Å²) < 4.78 is 0. The van der Waals surface area contributed by atoms with E-state index in [1.54, 1.807) is 0 Å². The summed E-state index contributed by atoms with van der Waals surface area (Å²) in [4.78, 5) is 0. The van der Waals surface area contributed by atoms with E-state index < -0.39 is 0 Å². The number of benzene rings is 1. The van der Waals surface area contributed by atoms with E-state index in [2.05, 4.69) is 36.5 Å². The first-order valence-corrected chi connectivity index (χ1v) is 6.70. The molecule has 2 aliphatic rings. The Bertz CT molecular complexity index is 371. The van der Waals surface area contributed by atoms with E-state index >= 15 is 0 Å². The molecule has 0 unspecified atom stereocenters. The number of hydrogen-bond donors (Lipinski definition) is 1. The van der Waals surface area contributed by atoms with Crippen molar-refractivity contribution >= 4 is 5.69 Å². The summed E-state index contributed by atoms with van der Waals surface area (Å²) in [7, 11) is 0. The van der Waals surface area contributed by atoms with Crippen molar-refractivity contribution in [3.8, 4) is 0 Å². The fourth-order valence-corrected chi connectivity index (χ4v) is 3.52. The van der Waals surface area contributed by atoms with Crippen molar-refractivity contribution < 1.29 is 0 Å². The Labute approximate surface area is 98.3 Å². The van der Waals surface area contributed by atoms with Crippen LogP contribution in [0, 0.1) is 11.8 Å². The van der Waals surface area contributed by atoms with Gasteiger partial charge in [0.15, 0.2) is 0 Å². The number of anilines is 1. The van der Waals surface area contributed by atoms with Crippen molar-refractivity contribution in [3.05, 3.63) is 29.8 Å². The fourth-order valence-electron chi connectivity index (χ4n) is 3.52. The third-order valence-electron chi connectivity index (χ3n) is 4.43.